The van der Waals surface area contributed by atoms with Crippen molar-refractivity contribution < 1.29 is 27.1 Å². The first-order valence-corrected chi connectivity index (χ1v) is 10.2. The lowest BCUT2D eigenvalue weighted by atomic mass is 10.2. The highest BCUT2D eigenvalue weighted by molar-refractivity contribution is 7.89. The minimum absolute atomic E-state index is 0.00107. The lowest BCUT2D eigenvalue weighted by molar-refractivity contribution is -0.121. The molecule has 0 fully saturated rings. The zero-order chi connectivity index (χ0) is 20.1. The van der Waals surface area contributed by atoms with Crippen molar-refractivity contribution in [1.82, 2.24) is 9.62 Å². The molecule has 0 unspecified atom stereocenters. The average molecular weight is 408 g/mol. The third-order valence-electron chi connectivity index (χ3n) is 4.23. The summed E-state index contributed by atoms with van der Waals surface area (Å²) in [6.07, 6.45) is 0.707. The zero-order valence-corrected chi connectivity index (χ0v) is 16.2. The number of benzene rings is 2. The fourth-order valence-corrected chi connectivity index (χ4v) is 3.81. The van der Waals surface area contributed by atoms with E-state index in [1.807, 2.05) is 0 Å². The van der Waals surface area contributed by atoms with Gasteiger partial charge in [0.25, 0.3) is 0 Å². The van der Waals surface area contributed by atoms with Gasteiger partial charge in [0.1, 0.15) is 5.82 Å². The number of carbonyl (C=O) groups excluding carboxylic acids is 1. The molecule has 0 saturated carbocycles. The number of amides is 1. The summed E-state index contributed by atoms with van der Waals surface area (Å²) >= 11 is 0. The van der Waals surface area contributed by atoms with E-state index in [0.717, 1.165) is 4.31 Å². The van der Waals surface area contributed by atoms with Crippen LogP contribution in [-0.4, -0.2) is 45.4 Å². The molecule has 0 spiro atoms. The Balaban J connectivity index is 1.65. The molecule has 1 amide bonds. The van der Waals surface area contributed by atoms with Crippen LogP contribution in [0, 0.1) is 5.82 Å². The summed E-state index contributed by atoms with van der Waals surface area (Å²) in [5.74, 6) is -0.127. The van der Waals surface area contributed by atoms with E-state index in [1.165, 1.54) is 25.2 Å². The van der Waals surface area contributed by atoms with Gasteiger partial charge in [-0.15, -0.1) is 0 Å². The van der Waals surface area contributed by atoms with Gasteiger partial charge in [-0.05, 0) is 18.2 Å². The predicted molar refractivity (Wildman–Crippen MR) is 100 cm³/mol. The lowest BCUT2D eigenvalue weighted by Crippen LogP contribution is -2.38. The van der Waals surface area contributed by atoms with E-state index >= 15 is 0 Å². The van der Waals surface area contributed by atoms with Gasteiger partial charge < -0.3 is 14.8 Å². The maximum absolute atomic E-state index is 13.6. The Kier molecular flexibility index (Phi) is 6.15. The van der Waals surface area contributed by atoms with Crippen LogP contribution in [-0.2, 0) is 21.4 Å². The molecule has 1 aliphatic heterocycles. The van der Waals surface area contributed by atoms with Crippen molar-refractivity contribution in [3.8, 4) is 11.5 Å². The first-order chi connectivity index (χ1) is 13.4. The van der Waals surface area contributed by atoms with E-state index in [1.54, 1.807) is 24.3 Å². The van der Waals surface area contributed by atoms with Crippen LogP contribution in [0.1, 0.15) is 12.0 Å². The molecule has 0 saturated heterocycles. The van der Waals surface area contributed by atoms with Gasteiger partial charge in [-0.1, -0.05) is 18.2 Å². The van der Waals surface area contributed by atoms with Gasteiger partial charge in [-0.2, -0.15) is 4.31 Å². The highest BCUT2D eigenvalue weighted by Crippen LogP contribution is 2.32. The Morgan fingerprint density at radius 1 is 1.14 bits per heavy atom. The number of carbonyl (C=O) groups is 1. The number of halogens is 1. The third-order valence-corrected chi connectivity index (χ3v) is 6.03. The SMILES string of the molecule is CN(CC(=O)NCc1ccccc1F)S(=O)(=O)c1ccc2c(c1)OCCCO2. The van der Waals surface area contributed by atoms with E-state index in [0.29, 0.717) is 36.7 Å². The van der Waals surface area contributed by atoms with Gasteiger partial charge in [0.05, 0.1) is 24.7 Å². The Hall–Kier alpha value is -2.65. The van der Waals surface area contributed by atoms with Crippen LogP contribution < -0.4 is 14.8 Å². The molecule has 0 bridgehead atoms. The van der Waals surface area contributed by atoms with Crippen molar-refractivity contribution in [3.63, 3.8) is 0 Å². The summed E-state index contributed by atoms with van der Waals surface area (Å²) in [5, 5.41) is 2.52. The Morgan fingerprint density at radius 2 is 1.86 bits per heavy atom. The van der Waals surface area contributed by atoms with Crippen LogP contribution in [0.5, 0.6) is 11.5 Å². The number of hydrogen-bond acceptors (Lipinski definition) is 5. The molecule has 9 heteroatoms. The maximum Gasteiger partial charge on any atom is 0.243 e. The van der Waals surface area contributed by atoms with Gasteiger partial charge in [0.15, 0.2) is 11.5 Å². The number of nitrogens with one attached hydrogen (secondary N) is 1. The number of likely N-dealkylation sites (N-methyl/N-ethyl adjacent to an activating group) is 1. The summed E-state index contributed by atoms with van der Waals surface area (Å²) in [7, 11) is -2.60. The van der Waals surface area contributed by atoms with Crippen LogP contribution in [0.2, 0.25) is 0 Å². The number of sulfonamides is 1. The molecule has 1 aliphatic rings. The Morgan fingerprint density at radius 3 is 2.61 bits per heavy atom. The number of ether oxygens (including phenoxy) is 2. The zero-order valence-electron chi connectivity index (χ0n) is 15.4. The van der Waals surface area contributed by atoms with Crippen molar-refractivity contribution >= 4 is 15.9 Å². The topological polar surface area (TPSA) is 84.9 Å². The van der Waals surface area contributed by atoms with Crippen LogP contribution in [0.25, 0.3) is 0 Å². The molecular formula is C19H21FN2O5S. The second kappa shape index (κ2) is 8.57. The van der Waals surface area contributed by atoms with Crippen LogP contribution >= 0.6 is 0 Å². The smallest absolute Gasteiger partial charge is 0.243 e. The molecule has 7 nitrogen and oxygen atoms in total. The van der Waals surface area contributed by atoms with Crippen molar-refractivity contribution in [3.05, 3.63) is 53.8 Å². The molecule has 150 valence electrons. The van der Waals surface area contributed by atoms with Crippen molar-refractivity contribution in [2.45, 2.75) is 17.9 Å². The molecular weight excluding hydrogens is 387 g/mol. The molecule has 28 heavy (non-hydrogen) atoms. The molecule has 2 aromatic carbocycles. The summed E-state index contributed by atoms with van der Waals surface area (Å²) in [5.41, 5.74) is 0.323. The van der Waals surface area contributed by atoms with Crippen molar-refractivity contribution in [2.75, 3.05) is 26.8 Å². The fourth-order valence-electron chi connectivity index (χ4n) is 2.66. The normalized spacial score (nSPS) is 13.8. The van der Waals surface area contributed by atoms with Gasteiger partial charge in [0.2, 0.25) is 15.9 Å². The van der Waals surface area contributed by atoms with Gasteiger partial charge in [-0.25, -0.2) is 12.8 Å². The van der Waals surface area contributed by atoms with Gasteiger partial charge in [0, 0.05) is 31.6 Å². The maximum atomic E-state index is 13.6. The monoisotopic (exact) mass is 408 g/mol. The predicted octanol–water partition coefficient (Wildman–Crippen LogP) is 1.92. The largest absolute Gasteiger partial charge is 0.490 e. The van der Waals surface area contributed by atoms with E-state index in [2.05, 4.69) is 5.32 Å². The highest BCUT2D eigenvalue weighted by Gasteiger charge is 2.25. The number of fused-ring (bicyclic) bond motifs is 1. The van der Waals surface area contributed by atoms with E-state index in [4.69, 9.17) is 9.47 Å². The molecule has 0 aliphatic carbocycles. The molecule has 0 radical (unpaired) electrons. The molecule has 2 aromatic rings. The molecule has 3 rings (SSSR count). The summed E-state index contributed by atoms with van der Waals surface area (Å²) in [6, 6.07) is 10.4. The number of rotatable bonds is 6. The molecule has 1 heterocycles. The standard InChI is InChI=1S/C19H21FN2O5S/c1-22(13-19(23)21-12-14-5-2-3-6-16(14)20)28(24,25)15-7-8-17-18(11-15)27-10-4-9-26-17/h2-3,5-8,11H,4,9-10,12-13H2,1H3,(H,21,23). The lowest BCUT2D eigenvalue weighted by Gasteiger charge is -2.18. The fraction of sp³-hybridized carbons (Fsp3) is 0.316. The van der Waals surface area contributed by atoms with E-state index in [-0.39, 0.29) is 11.4 Å². The second-order valence-corrected chi connectivity index (χ2v) is 8.33. The molecule has 0 aromatic heterocycles. The van der Waals surface area contributed by atoms with Gasteiger partial charge >= 0.3 is 0 Å². The van der Waals surface area contributed by atoms with Crippen LogP contribution in [0.15, 0.2) is 47.4 Å². The summed E-state index contributed by atoms with van der Waals surface area (Å²) in [4.78, 5) is 12.1. The minimum Gasteiger partial charge on any atom is -0.490 e. The highest BCUT2D eigenvalue weighted by atomic mass is 32.2. The van der Waals surface area contributed by atoms with Crippen LogP contribution in [0.3, 0.4) is 0 Å². The van der Waals surface area contributed by atoms with E-state index in [9.17, 15) is 17.6 Å². The Bertz CT molecular complexity index is 965. The van der Waals surface area contributed by atoms with Crippen LogP contribution in [0.4, 0.5) is 4.39 Å². The minimum atomic E-state index is -3.91. The van der Waals surface area contributed by atoms with Crippen molar-refractivity contribution in [1.29, 1.82) is 0 Å². The van der Waals surface area contributed by atoms with Crippen molar-refractivity contribution in [2.24, 2.45) is 0 Å². The molecule has 1 N–H and O–H groups in total. The Labute approximate surface area is 163 Å². The number of hydrogen-bond donors (Lipinski definition) is 1. The van der Waals surface area contributed by atoms with Gasteiger partial charge in [-0.3, -0.25) is 4.79 Å². The first kappa shape index (κ1) is 20.1. The third kappa shape index (κ3) is 4.60. The number of nitrogens with zero attached hydrogens (tertiary/aromatic N) is 1. The summed E-state index contributed by atoms with van der Waals surface area (Å²) < 4.78 is 51.1. The summed E-state index contributed by atoms with van der Waals surface area (Å²) in [6.45, 7) is 0.515. The quantitative estimate of drug-likeness (QED) is 0.790. The first-order valence-electron chi connectivity index (χ1n) is 8.74. The second-order valence-electron chi connectivity index (χ2n) is 6.29. The molecule has 0 atom stereocenters. The average Bonchev–Trinajstić information content (AvgIpc) is 2.92. The van der Waals surface area contributed by atoms with E-state index < -0.39 is 28.3 Å².